The van der Waals surface area contributed by atoms with Gasteiger partial charge in [0, 0.05) is 0 Å². The van der Waals surface area contributed by atoms with E-state index in [9.17, 15) is 8.42 Å². The molecule has 0 bridgehead atoms. The average molecular weight is 180 g/mol. The molecule has 0 aromatic rings. The fourth-order valence-electron chi connectivity index (χ4n) is 1.33. The SMILES string of the molecule is O=S(=O)(O)OC1CCCCC1. The van der Waals surface area contributed by atoms with Crippen molar-refractivity contribution in [1.29, 1.82) is 0 Å². The van der Waals surface area contributed by atoms with E-state index in [1.807, 2.05) is 0 Å². The Balaban J connectivity index is 2.36. The van der Waals surface area contributed by atoms with Crippen LogP contribution in [0.4, 0.5) is 0 Å². The van der Waals surface area contributed by atoms with E-state index in [1.165, 1.54) is 0 Å². The van der Waals surface area contributed by atoms with Crippen molar-refractivity contribution >= 4 is 10.4 Å². The third-order valence-corrected chi connectivity index (χ3v) is 2.33. The summed E-state index contributed by atoms with van der Waals surface area (Å²) in [6.07, 6.45) is 4.28. The first-order chi connectivity index (χ1) is 5.08. The van der Waals surface area contributed by atoms with Gasteiger partial charge in [-0.2, -0.15) is 8.42 Å². The topological polar surface area (TPSA) is 63.6 Å². The molecule has 1 N–H and O–H groups in total. The molecule has 1 aliphatic rings. The molecule has 0 unspecified atom stereocenters. The predicted molar refractivity (Wildman–Crippen MR) is 39.5 cm³/mol. The van der Waals surface area contributed by atoms with Gasteiger partial charge in [0.05, 0.1) is 6.10 Å². The van der Waals surface area contributed by atoms with E-state index in [1.54, 1.807) is 0 Å². The van der Waals surface area contributed by atoms with Crippen LogP contribution in [0.25, 0.3) is 0 Å². The van der Waals surface area contributed by atoms with Gasteiger partial charge in [0.2, 0.25) is 0 Å². The average Bonchev–Trinajstić information content (AvgIpc) is 1.85. The Morgan fingerprint density at radius 3 is 2.18 bits per heavy atom. The van der Waals surface area contributed by atoms with Crippen LogP contribution in [0.3, 0.4) is 0 Å². The Hall–Kier alpha value is -0.130. The highest BCUT2D eigenvalue weighted by Gasteiger charge is 2.19. The molecule has 0 heterocycles. The minimum atomic E-state index is -4.22. The molecule has 0 spiro atoms. The van der Waals surface area contributed by atoms with Gasteiger partial charge in [-0.15, -0.1) is 0 Å². The second-order valence-corrected chi connectivity index (χ2v) is 3.83. The van der Waals surface area contributed by atoms with Gasteiger partial charge in [0.25, 0.3) is 0 Å². The second-order valence-electron chi connectivity index (χ2n) is 2.78. The van der Waals surface area contributed by atoms with Gasteiger partial charge in [0.15, 0.2) is 0 Å². The van der Waals surface area contributed by atoms with Gasteiger partial charge >= 0.3 is 10.4 Å². The molecule has 0 aromatic heterocycles. The minimum Gasteiger partial charge on any atom is -0.264 e. The van der Waals surface area contributed by atoms with Crippen LogP contribution in [0.15, 0.2) is 0 Å². The zero-order chi connectivity index (χ0) is 8.32. The summed E-state index contributed by atoms with van der Waals surface area (Å²) in [6, 6.07) is 0. The van der Waals surface area contributed by atoms with Crippen LogP contribution in [0.5, 0.6) is 0 Å². The molecular formula is C6H12O4S. The molecule has 0 saturated heterocycles. The lowest BCUT2D eigenvalue weighted by molar-refractivity contribution is 0.142. The normalized spacial score (nSPS) is 21.9. The van der Waals surface area contributed by atoms with Crippen LogP contribution >= 0.6 is 0 Å². The highest BCUT2D eigenvalue weighted by Crippen LogP contribution is 2.21. The third kappa shape index (κ3) is 3.69. The fourth-order valence-corrected chi connectivity index (χ4v) is 1.87. The van der Waals surface area contributed by atoms with E-state index in [4.69, 9.17) is 4.55 Å². The van der Waals surface area contributed by atoms with Gasteiger partial charge in [-0.1, -0.05) is 19.3 Å². The van der Waals surface area contributed by atoms with Crippen LogP contribution in [-0.2, 0) is 14.6 Å². The summed E-state index contributed by atoms with van der Waals surface area (Å²) in [5, 5.41) is 0. The lowest BCUT2D eigenvalue weighted by atomic mass is 9.98. The molecule has 1 fully saturated rings. The summed E-state index contributed by atoms with van der Waals surface area (Å²) in [4.78, 5) is 0. The summed E-state index contributed by atoms with van der Waals surface area (Å²) in [5.74, 6) is 0. The Kier molecular flexibility index (Phi) is 2.86. The largest absolute Gasteiger partial charge is 0.397 e. The quantitative estimate of drug-likeness (QED) is 0.647. The Labute approximate surface area is 66.5 Å². The summed E-state index contributed by atoms with van der Waals surface area (Å²) in [5.41, 5.74) is 0. The van der Waals surface area contributed by atoms with Crippen molar-refractivity contribution in [2.24, 2.45) is 0 Å². The Morgan fingerprint density at radius 2 is 1.73 bits per heavy atom. The molecule has 1 aliphatic carbocycles. The molecule has 0 radical (unpaired) electrons. The molecule has 66 valence electrons. The molecule has 0 atom stereocenters. The smallest absolute Gasteiger partial charge is 0.264 e. The summed E-state index contributed by atoms with van der Waals surface area (Å²) in [6.45, 7) is 0. The van der Waals surface area contributed by atoms with Crippen LogP contribution in [0.2, 0.25) is 0 Å². The molecule has 11 heavy (non-hydrogen) atoms. The third-order valence-electron chi connectivity index (χ3n) is 1.81. The molecular weight excluding hydrogens is 168 g/mol. The van der Waals surface area contributed by atoms with E-state index < -0.39 is 10.4 Å². The van der Waals surface area contributed by atoms with E-state index in [0.717, 1.165) is 32.1 Å². The van der Waals surface area contributed by atoms with Crippen LogP contribution in [-0.4, -0.2) is 19.1 Å². The Bertz CT molecular complexity index is 203. The second kappa shape index (κ2) is 3.51. The van der Waals surface area contributed by atoms with Crippen molar-refractivity contribution < 1.29 is 17.2 Å². The van der Waals surface area contributed by atoms with E-state index >= 15 is 0 Å². The van der Waals surface area contributed by atoms with Gasteiger partial charge in [-0.25, -0.2) is 4.18 Å². The highest BCUT2D eigenvalue weighted by atomic mass is 32.3. The molecule has 4 nitrogen and oxygen atoms in total. The van der Waals surface area contributed by atoms with Crippen molar-refractivity contribution in [3.63, 3.8) is 0 Å². The predicted octanol–water partition coefficient (Wildman–Crippen LogP) is 1.14. The number of rotatable bonds is 2. The van der Waals surface area contributed by atoms with Gasteiger partial charge in [-0.05, 0) is 12.8 Å². The standard InChI is InChI=1S/C6H12O4S/c7-11(8,9)10-6-4-2-1-3-5-6/h6H,1-5H2,(H,7,8,9). The summed E-state index contributed by atoms with van der Waals surface area (Å²) in [7, 11) is -4.22. The molecule has 5 heteroatoms. The monoisotopic (exact) mass is 180 g/mol. The molecule has 0 aromatic carbocycles. The van der Waals surface area contributed by atoms with Gasteiger partial charge < -0.3 is 0 Å². The maximum Gasteiger partial charge on any atom is 0.397 e. The summed E-state index contributed by atoms with van der Waals surface area (Å²) < 4.78 is 33.2. The molecule has 0 amide bonds. The van der Waals surface area contributed by atoms with E-state index in [-0.39, 0.29) is 6.10 Å². The fraction of sp³-hybridized carbons (Fsp3) is 1.00. The minimum absolute atomic E-state index is 0.293. The van der Waals surface area contributed by atoms with Crippen molar-refractivity contribution in [2.45, 2.75) is 38.2 Å². The van der Waals surface area contributed by atoms with Crippen molar-refractivity contribution in [2.75, 3.05) is 0 Å². The van der Waals surface area contributed by atoms with Crippen molar-refractivity contribution in [3.8, 4) is 0 Å². The van der Waals surface area contributed by atoms with Gasteiger partial charge in [0.1, 0.15) is 0 Å². The highest BCUT2D eigenvalue weighted by molar-refractivity contribution is 7.80. The number of hydrogen-bond acceptors (Lipinski definition) is 3. The van der Waals surface area contributed by atoms with Gasteiger partial charge in [-0.3, -0.25) is 4.55 Å². The molecule has 1 rings (SSSR count). The maximum absolute atomic E-state index is 10.2. The summed E-state index contributed by atoms with van der Waals surface area (Å²) >= 11 is 0. The maximum atomic E-state index is 10.2. The van der Waals surface area contributed by atoms with Crippen LogP contribution < -0.4 is 0 Å². The first-order valence-corrected chi connectivity index (χ1v) is 5.10. The number of hydrogen-bond donors (Lipinski definition) is 1. The van der Waals surface area contributed by atoms with E-state index in [0.29, 0.717) is 0 Å². The zero-order valence-electron chi connectivity index (χ0n) is 6.19. The first kappa shape index (κ1) is 8.96. The lowest BCUT2D eigenvalue weighted by Crippen LogP contribution is -2.20. The van der Waals surface area contributed by atoms with E-state index in [2.05, 4.69) is 4.18 Å². The Morgan fingerprint density at radius 1 is 1.18 bits per heavy atom. The molecule has 1 saturated carbocycles. The van der Waals surface area contributed by atoms with Crippen molar-refractivity contribution in [1.82, 2.24) is 0 Å². The lowest BCUT2D eigenvalue weighted by Gasteiger charge is -2.19. The van der Waals surface area contributed by atoms with Crippen LogP contribution in [0.1, 0.15) is 32.1 Å². The first-order valence-electron chi connectivity index (χ1n) is 3.73. The van der Waals surface area contributed by atoms with Crippen LogP contribution in [0, 0.1) is 0 Å². The molecule has 0 aliphatic heterocycles. The zero-order valence-corrected chi connectivity index (χ0v) is 7.01. The van der Waals surface area contributed by atoms with Crippen molar-refractivity contribution in [3.05, 3.63) is 0 Å².